The average molecular weight is 491 g/mol. The maximum atomic E-state index is 13.2. The highest BCUT2D eigenvalue weighted by Crippen LogP contribution is 2.10. The number of nitrogens with zero attached hydrogens (tertiary/aromatic N) is 2. The smallest absolute Gasteiger partial charge is 0.305 e. The topological polar surface area (TPSA) is 132 Å². The van der Waals surface area contributed by atoms with Crippen molar-refractivity contribution in [2.75, 3.05) is 13.1 Å². The molecule has 0 spiro atoms. The van der Waals surface area contributed by atoms with Gasteiger partial charge >= 0.3 is 5.97 Å². The third kappa shape index (κ3) is 8.50. The van der Waals surface area contributed by atoms with E-state index in [0.717, 1.165) is 30.5 Å². The molecular formula is C27H30N4O5. The molecule has 1 heterocycles. The summed E-state index contributed by atoms with van der Waals surface area (Å²) in [5.74, 6) is -2.15. The summed E-state index contributed by atoms with van der Waals surface area (Å²) in [6, 6.07) is 18.5. The van der Waals surface area contributed by atoms with Crippen molar-refractivity contribution in [3.8, 4) is 0 Å². The van der Waals surface area contributed by atoms with Gasteiger partial charge in [0.05, 0.1) is 19.0 Å². The number of H-pyrrole nitrogens is 1. The Morgan fingerprint density at radius 2 is 1.61 bits per heavy atom. The number of aryl methyl sites for hydroxylation is 2. The van der Waals surface area contributed by atoms with Crippen molar-refractivity contribution < 1.29 is 24.3 Å². The average Bonchev–Trinajstić information content (AvgIpc) is 3.35. The Morgan fingerprint density at radius 3 is 2.22 bits per heavy atom. The minimum Gasteiger partial charge on any atom is -0.481 e. The van der Waals surface area contributed by atoms with Crippen LogP contribution in [0, 0.1) is 0 Å². The molecule has 0 unspecified atom stereocenters. The van der Waals surface area contributed by atoms with Crippen molar-refractivity contribution in [3.05, 3.63) is 89.5 Å². The number of carbonyl (C=O) groups is 4. The standard InChI is InChI=1S/C27H30N4O5/c32-19-23(16-25(34)35)29-24(33)18-31(15-14-21-10-5-2-6-11-21)27(36)26-28-17-22(30-26)13-7-12-20-8-3-1-4-9-20/h1-6,8-11,17,19,23H,7,12-16,18H2,(H,28,30)(H,29,33)(H,34,35)/t23-/m0/s1. The number of carboxylic acids is 1. The lowest BCUT2D eigenvalue weighted by atomic mass is 10.1. The molecule has 36 heavy (non-hydrogen) atoms. The first kappa shape index (κ1) is 26.3. The molecule has 0 aliphatic rings. The van der Waals surface area contributed by atoms with Gasteiger partial charge in [0, 0.05) is 18.4 Å². The molecule has 0 bridgehead atoms. The van der Waals surface area contributed by atoms with Gasteiger partial charge in [0.25, 0.3) is 5.91 Å². The molecule has 0 saturated heterocycles. The van der Waals surface area contributed by atoms with Crippen LogP contribution in [0.25, 0.3) is 0 Å². The number of imidazole rings is 1. The number of hydrogen-bond donors (Lipinski definition) is 3. The molecular weight excluding hydrogens is 460 g/mol. The first-order chi connectivity index (χ1) is 17.4. The van der Waals surface area contributed by atoms with Gasteiger partial charge in [-0.05, 0) is 36.8 Å². The number of aromatic amines is 1. The van der Waals surface area contributed by atoms with Crippen molar-refractivity contribution >= 4 is 24.1 Å². The van der Waals surface area contributed by atoms with Gasteiger partial charge < -0.3 is 25.1 Å². The number of nitrogens with one attached hydrogen (secondary N) is 2. The summed E-state index contributed by atoms with van der Waals surface area (Å²) in [5, 5.41) is 11.3. The van der Waals surface area contributed by atoms with Gasteiger partial charge in [-0.2, -0.15) is 0 Å². The summed E-state index contributed by atoms with van der Waals surface area (Å²) in [6.45, 7) is -0.0926. The second-order valence-electron chi connectivity index (χ2n) is 8.47. The molecule has 3 rings (SSSR count). The SMILES string of the molecule is O=C[C@H](CC(=O)O)NC(=O)CN(CCc1ccccc1)C(=O)c1ncc(CCCc2ccccc2)[nH]1. The maximum Gasteiger partial charge on any atom is 0.305 e. The summed E-state index contributed by atoms with van der Waals surface area (Å²) in [6.07, 6.45) is 4.49. The Labute approximate surface area is 209 Å². The molecule has 0 aliphatic heterocycles. The van der Waals surface area contributed by atoms with E-state index in [1.54, 1.807) is 6.20 Å². The van der Waals surface area contributed by atoms with E-state index in [4.69, 9.17) is 5.11 Å². The molecule has 9 nitrogen and oxygen atoms in total. The van der Waals surface area contributed by atoms with Gasteiger partial charge in [-0.1, -0.05) is 60.7 Å². The monoisotopic (exact) mass is 490 g/mol. The van der Waals surface area contributed by atoms with E-state index in [9.17, 15) is 19.2 Å². The normalized spacial score (nSPS) is 11.4. The zero-order chi connectivity index (χ0) is 25.8. The van der Waals surface area contributed by atoms with Crippen LogP contribution in [-0.2, 0) is 33.6 Å². The maximum absolute atomic E-state index is 13.2. The van der Waals surface area contributed by atoms with Crippen LogP contribution in [0.2, 0.25) is 0 Å². The number of hydrogen-bond acceptors (Lipinski definition) is 5. The fraction of sp³-hybridized carbons (Fsp3) is 0.296. The largest absolute Gasteiger partial charge is 0.481 e. The van der Waals surface area contributed by atoms with Crippen LogP contribution in [0.4, 0.5) is 0 Å². The number of aliphatic carboxylic acids is 1. The van der Waals surface area contributed by atoms with Crippen molar-refractivity contribution in [1.29, 1.82) is 0 Å². The van der Waals surface area contributed by atoms with Crippen LogP contribution in [0.1, 0.15) is 40.3 Å². The molecule has 188 valence electrons. The molecule has 2 amide bonds. The fourth-order valence-electron chi connectivity index (χ4n) is 3.78. The number of rotatable bonds is 14. The summed E-state index contributed by atoms with van der Waals surface area (Å²) in [5.41, 5.74) is 3.06. The second kappa shape index (κ2) is 13.6. The quantitative estimate of drug-likeness (QED) is 0.297. The summed E-state index contributed by atoms with van der Waals surface area (Å²) in [7, 11) is 0. The van der Waals surface area contributed by atoms with Gasteiger partial charge in [0.1, 0.15) is 6.29 Å². The van der Waals surface area contributed by atoms with Gasteiger partial charge in [-0.3, -0.25) is 14.4 Å². The van der Waals surface area contributed by atoms with Crippen LogP contribution in [0.3, 0.4) is 0 Å². The Morgan fingerprint density at radius 1 is 0.972 bits per heavy atom. The van der Waals surface area contributed by atoms with Crippen LogP contribution >= 0.6 is 0 Å². The van der Waals surface area contributed by atoms with Gasteiger partial charge in [0.2, 0.25) is 5.91 Å². The Kier molecular flexibility index (Phi) is 9.93. The lowest BCUT2D eigenvalue weighted by Gasteiger charge is -2.22. The van der Waals surface area contributed by atoms with E-state index in [2.05, 4.69) is 27.4 Å². The van der Waals surface area contributed by atoms with E-state index in [1.807, 2.05) is 48.5 Å². The Bertz CT molecular complexity index is 1150. The zero-order valence-corrected chi connectivity index (χ0v) is 19.9. The van der Waals surface area contributed by atoms with Crippen LogP contribution < -0.4 is 5.32 Å². The van der Waals surface area contributed by atoms with Crippen LogP contribution in [0.15, 0.2) is 66.9 Å². The van der Waals surface area contributed by atoms with Crippen molar-refractivity contribution in [1.82, 2.24) is 20.2 Å². The third-order valence-electron chi connectivity index (χ3n) is 5.63. The highest BCUT2D eigenvalue weighted by atomic mass is 16.4. The zero-order valence-electron chi connectivity index (χ0n) is 19.9. The molecule has 1 aromatic heterocycles. The number of benzene rings is 2. The molecule has 2 aromatic carbocycles. The van der Waals surface area contributed by atoms with E-state index < -0.39 is 30.2 Å². The van der Waals surface area contributed by atoms with E-state index in [-0.39, 0.29) is 18.9 Å². The van der Waals surface area contributed by atoms with E-state index in [0.29, 0.717) is 12.7 Å². The lowest BCUT2D eigenvalue weighted by Crippen LogP contribution is -2.46. The Balaban J connectivity index is 1.64. The van der Waals surface area contributed by atoms with Gasteiger partial charge in [-0.25, -0.2) is 4.98 Å². The predicted octanol–water partition coefficient (Wildman–Crippen LogP) is 2.43. The molecule has 0 radical (unpaired) electrons. The van der Waals surface area contributed by atoms with Crippen molar-refractivity contribution in [2.24, 2.45) is 0 Å². The summed E-state index contributed by atoms with van der Waals surface area (Å²) < 4.78 is 0. The van der Waals surface area contributed by atoms with Gasteiger partial charge in [-0.15, -0.1) is 0 Å². The molecule has 0 fully saturated rings. The van der Waals surface area contributed by atoms with E-state index in [1.165, 1.54) is 10.5 Å². The minimum atomic E-state index is -1.21. The highest BCUT2D eigenvalue weighted by Gasteiger charge is 2.23. The number of carbonyl (C=O) groups excluding carboxylic acids is 3. The second-order valence-corrected chi connectivity index (χ2v) is 8.47. The highest BCUT2D eigenvalue weighted by molar-refractivity contribution is 5.94. The minimum absolute atomic E-state index is 0.128. The molecule has 1 atom stereocenters. The molecule has 9 heteroatoms. The molecule has 3 N–H and O–H groups in total. The first-order valence-corrected chi connectivity index (χ1v) is 11.8. The predicted molar refractivity (Wildman–Crippen MR) is 133 cm³/mol. The number of aldehydes is 1. The number of carboxylic acid groups (broad SMARTS) is 1. The van der Waals surface area contributed by atoms with E-state index >= 15 is 0 Å². The van der Waals surface area contributed by atoms with Crippen LogP contribution in [0.5, 0.6) is 0 Å². The van der Waals surface area contributed by atoms with Gasteiger partial charge in [0.15, 0.2) is 5.82 Å². The molecule has 3 aromatic rings. The Hall–Kier alpha value is -4.27. The summed E-state index contributed by atoms with van der Waals surface area (Å²) in [4.78, 5) is 56.4. The lowest BCUT2D eigenvalue weighted by molar-refractivity contribution is -0.138. The van der Waals surface area contributed by atoms with Crippen molar-refractivity contribution in [3.63, 3.8) is 0 Å². The third-order valence-corrected chi connectivity index (χ3v) is 5.63. The number of aromatic nitrogens is 2. The fourth-order valence-corrected chi connectivity index (χ4v) is 3.78. The van der Waals surface area contributed by atoms with Crippen LogP contribution in [-0.4, -0.2) is 63.2 Å². The molecule has 0 saturated carbocycles. The first-order valence-electron chi connectivity index (χ1n) is 11.8. The molecule has 0 aliphatic carbocycles. The number of amides is 2. The summed E-state index contributed by atoms with van der Waals surface area (Å²) >= 11 is 0. The van der Waals surface area contributed by atoms with Crippen molar-refractivity contribution in [2.45, 2.75) is 38.1 Å².